The third kappa shape index (κ3) is 5.36. The van der Waals surface area contributed by atoms with Gasteiger partial charge in [0, 0.05) is 39.3 Å². The topological polar surface area (TPSA) is 70.2 Å². The number of hydrogen-bond donors (Lipinski definition) is 0. The molecule has 0 N–H and O–H groups in total. The van der Waals surface area contributed by atoms with E-state index < -0.39 is 10.0 Å². The first-order chi connectivity index (χ1) is 13.7. The molecule has 29 heavy (non-hydrogen) atoms. The predicted molar refractivity (Wildman–Crippen MR) is 112 cm³/mol. The van der Waals surface area contributed by atoms with E-state index >= 15 is 0 Å². The average Bonchev–Trinajstić information content (AvgIpc) is 2.67. The molecule has 2 aliphatic rings. The highest BCUT2D eigenvalue weighted by atomic mass is 32.2. The fourth-order valence-electron chi connectivity index (χ4n) is 3.97. The molecule has 2 saturated heterocycles. The minimum Gasteiger partial charge on any atom is -0.372 e. The van der Waals surface area contributed by atoms with Crippen molar-refractivity contribution in [1.82, 2.24) is 14.1 Å². The molecular formula is C21H33N3O4S. The Morgan fingerprint density at radius 1 is 1.03 bits per heavy atom. The van der Waals surface area contributed by atoms with E-state index in [2.05, 4.69) is 13.8 Å². The van der Waals surface area contributed by atoms with E-state index in [1.54, 1.807) is 12.1 Å². The Labute approximate surface area is 174 Å². The number of ether oxygens (including phenoxy) is 1. The SMILES string of the molecule is CC(C)c1ccc(S(=O)(=O)N2CCN(CC(=O)N3C[C@@H](C)O[C@H](C)C3)CC2)cc1. The van der Waals surface area contributed by atoms with Crippen LogP contribution in [0.2, 0.25) is 0 Å². The van der Waals surface area contributed by atoms with E-state index in [0.717, 1.165) is 5.56 Å². The Hall–Kier alpha value is -1.48. The van der Waals surface area contributed by atoms with Gasteiger partial charge in [0.2, 0.25) is 15.9 Å². The number of piperazine rings is 1. The molecule has 0 saturated carbocycles. The molecule has 3 rings (SSSR count). The maximum absolute atomic E-state index is 12.9. The van der Waals surface area contributed by atoms with Gasteiger partial charge >= 0.3 is 0 Å². The molecule has 2 atom stereocenters. The lowest BCUT2D eigenvalue weighted by Crippen LogP contribution is -2.54. The second-order valence-corrected chi connectivity index (χ2v) is 10.4. The summed E-state index contributed by atoms with van der Waals surface area (Å²) in [4.78, 5) is 16.9. The number of nitrogens with zero attached hydrogens (tertiary/aromatic N) is 3. The Kier molecular flexibility index (Phi) is 6.98. The van der Waals surface area contributed by atoms with Crippen molar-refractivity contribution in [2.75, 3.05) is 45.8 Å². The third-order valence-electron chi connectivity index (χ3n) is 5.65. The Morgan fingerprint density at radius 3 is 2.10 bits per heavy atom. The van der Waals surface area contributed by atoms with Gasteiger partial charge in [0.25, 0.3) is 0 Å². The largest absolute Gasteiger partial charge is 0.372 e. The van der Waals surface area contributed by atoms with Crippen LogP contribution in [0.15, 0.2) is 29.2 Å². The van der Waals surface area contributed by atoms with Gasteiger partial charge in [-0.25, -0.2) is 8.42 Å². The summed E-state index contributed by atoms with van der Waals surface area (Å²) in [6.07, 6.45) is 0.0959. The summed E-state index contributed by atoms with van der Waals surface area (Å²) in [6, 6.07) is 7.16. The van der Waals surface area contributed by atoms with Crippen molar-refractivity contribution in [3.05, 3.63) is 29.8 Å². The van der Waals surface area contributed by atoms with Gasteiger partial charge in [0.05, 0.1) is 23.6 Å². The molecule has 2 heterocycles. The molecule has 1 aromatic carbocycles. The van der Waals surface area contributed by atoms with Crippen LogP contribution in [0.5, 0.6) is 0 Å². The Bertz CT molecular complexity index is 792. The highest BCUT2D eigenvalue weighted by Gasteiger charge is 2.31. The second-order valence-electron chi connectivity index (χ2n) is 8.46. The maximum atomic E-state index is 12.9. The predicted octanol–water partition coefficient (Wildman–Crippen LogP) is 1.75. The van der Waals surface area contributed by atoms with Crippen molar-refractivity contribution in [2.24, 2.45) is 0 Å². The molecule has 2 fully saturated rings. The van der Waals surface area contributed by atoms with Crippen LogP contribution in [0, 0.1) is 0 Å². The minimum atomic E-state index is -3.50. The zero-order valence-electron chi connectivity index (χ0n) is 17.9. The van der Waals surface area contributed by atoms with Crippen LogP contribution in [0.25, 0.3) is 0 Å². The molecule has 0 unspecified atom stereocenters. The van der Waals surface area contributed by atoms with Crippen molar-refractivity contribution in [1.29, 1.82) is 0 Å². The standard InChI is InChI=1S/C21H33N3O4S/c1-16(2)19-5-7-20(8-6-19)29(26,27)24-11-9-22(10-12-24)15-21(25)23-13-17(3)28-18(4)14-23/h5-8,16-18H,9-15H2,1-4H3/t17-,18-/m1/s1. The van der Waals surface area contributed by atoms with Gasteiger partial charge in [-0.2, -0.15) is 4.31 Å². The van der Waals surface area contributed by atoms with Crippen molar-refractivity contribution in [3.8, 4) is 0 Å². The first kappa shape index (κ1) is 22.2. The number of carbonyl (C=O) groups excluding carboxylic acids is 1. The number of carbonyl (C=O) groups is 1. The van der Waals surface area contributed by atoms with Crippen molar-refractivity contribution >= 4 is 15.9 Å². The molecular weight excluding hydrogens is 390 g/mol. The molecule has 7 nitrogen and oxygen atoms in total. The highest BCUT2D eigenvalue weighted by molar-refractivity contribution is 7.89. The lowest BCUT2D eigenvalue weighted by atomic mass is 10.0. The van der Waals surface area contributed by atoms with Gasteiger partial charge in [-0.15, -0.1) is 0 Å². The summed E-state index contributed by atoms with van der Waals surface area (Å²) >= 11 is 0. The smallest absolute Gasteiger partial charge is 0.243 e. The molecule has 1 amide bonds. The Balaban J connectivity index is 1.55. The lowest BCUT2D eigenvalue weighted by Gasteiger charge is -2.38. The molecule has 0 aliphatic carbocycles. The monoisotopic (exact) mass is 423 g/mol. The van der Waals surface area contributed by atoms with Crippen LogP contribution in [0.1, 0.15) is 39.2 Å². The summed E-state index contributed by atoms with van der Waals surface area (Å²) in [6.45, 7) is 11.6. The van der Waals surface area contributed by atoms with E-state index in [1.807, 2.05) is 35.8 Å². The van der Waals surface area contributed by atoms with Gasteiger partial charge in [0.15, 0.2) is 0 Å². The van der Waals surface area contributed by atoms with Crippen LogP contribution in [0.4, 0.5) is 0 Å². The van der Waals surface area contributed by atoms with E-state index in [1.165, 1.54) is 4.31 Å². The fraction of sp³-hybridized carbons (Fsp3) is 0.667. The number of amides is 1. The highest BCUT2D eigenvalue weighted by Crippen LogP contribution is 2.21. The van der Waals surface area contributed by atoms with Crippen LogP contribution < -0.4 is 0 Å². The number of benzene rings is 1. The van der Waals surface area contributed by atoms with Crippen molar-refractivity contribution in [2.45, 2.75) is 50.7 Å². The summed E-state index contributed by atoms with van der Waals surface area (Å²) < 4.78 is 33.1. The molecule has 0 bridgehead atoms. The second kappa shape index (κ2) is 9.12. The minimum absolute atomic E-state index is 0.0479. The lowest BCUT2D eigenvalue weighted by molar-refractivity contribution is -0.144. The van der Waals surface area contributed by atoms with E-state index in [4.69, 9.17) is 4.74 Å². The zero-order valence-corrected chi connectivity index (χ0v) is 18.7. The summed E-state index contributed by atoms with van der Waals surface area (Å²) in [5.41, 5.74) is 1.12. The van der Waals surface area contributed by atoms with Gasteiger partial charge in [-0.3, -0.25) is 9.69 Å². The third-order valence-corrected chi connectivity index (χ3v) is 7.56. The molecule has 162 valence electrons. The number of sulfonamides is 1. The summed E-state index contributed by atoms with van der Waals surface area (Å²) in [7, 11) is -3.50. The first-order valence-corrected chi connectivity index (χ1v) is 11.9. The molecule has 2 aliphatic heterocycles. The van der Waals surface area contributed by atoms with E-state index in [-0.39, 0.29) is 18.1 Å². The zero-order chi connectivity index (χ0) is 21.2. The fourth-order valence-corrected chi connectivity index (χ4v) is 5.40. The molecule has 8 heteroatoms. The first-order valence-electron chi connectivity index (χ1n) is 10.4. The van der Waals surface area contributed by atoms with Gasteiger partial charge in [0.1, 0.15) is 0 Å². The van der Waals surface area contributed by atoms with Crippen LogP contribution in [-0.4, -0.2) is 86.5 Å². The quantitative estimate of drug-likeness (QED) is 0.722. The molecule has 0 spiro atoms. The molecule has 0 radical (unpaired) electrons. The Morgan fingerprint density at radius 2 is 1.59 bits per heavy atom. The van der Waals surface area contributed by atoms with Gasteiger partial charge in [-0.05, 0) is 37.5 Å². The van der Waals surface area contributed by atoms with E-state index in [0.29, 0.717) is 56.6 Å². The number of hydrogen-bond acceptors (Lipinski definition) is 5. The van der Waals surface area contributed by atoms with E-state index in [9.17, 15) is 13.2 Å². The van der Waals surface area contributed by atoms with Gasteiger partial charge in [-0.1, -0.05) is 26.0 Å². The average molecular weight is 424 g/mol. The molecule has 0 aromatic heterocycles. The van der Waals surface area contributed by atoms with Crippen LogP contribution in [-0.2, 0) is 19.6 Å². The van der Waals surface area contributed by atoms with Crippen molar-refractivity contribution in [3.63, 3.8) is 0 Å². The van der Waals surface area contributed by atoms with Gasteiger partial charge < -0.3 is 9.64 Å². The normalized spacial score (nSPS) is 24.8. The number of morpholine rings is 1. The summed E-state index contributed by atoms with van der Waals surface area (Å²) in [5, 5.41) is 0. The molecule has 1 aromatic rings. The number of rotatable bonds is 5. The van der Waals surface area contributed by atoms with Crippen LogP contribution in [0.3, 0.4) is 0 Å². The van der Waals surface area contributed by atoms with Crippen molar-refractivity contribution < 1.29 is 17.9 Å². The maximum Gasteiger partial charge on any atom is 0.243 e. The summed E-state index contributed by atoms with van der Waals surface area (Å²) in [5.74, 6) is 0.456. The van der Waals surface area contributed by atoms with Crippen LogP contribution >= 0.6 is 0 Å².